The van der Waals surface area contributed by atoms with Crippen LogP contribution in [-0.2, 0) is 4.74 Å². The lowest BCUT2D eigenvalue weighted by Crippen LogP contribution is -1.96. The molecule has 1 rings (SSSR count). The van der Waals surface area contributed by atoms with Gasteiger partial charge in [-0.25, -0.2) is 0 Å². The van der Waals surface area contributed by atoms with Crippen LogP contribution in [-0.4, -0.2) is 25.3 Å². The molecule has 16 heavy (non-hydrogen) atoms. The lowest BCUT2D eigenvalue weighted by Gasteiger charge is -2.07. The summed E-state index contributed by atoms with van der Waals surface area (Å²) in [5.41, 5.74) is 0.789. The first-order chi connectivity index (χ1) is 7.65. The van der Waals surface area contributed by atoms with Gasteiger partial charge >= 0.3 is 0 Å². The van der Waals surface area contributed by atoms with Crippen LogP contribution < -0.4 is 0 Å². The first-order valence-electron chi connectivity index (χ1n) is 5.07. The number of methoxy groups -OCH3 is 1. The van der Waals surface area contributed by atoms with Gasteiger partial charge in [-0.2, -0.15) is 0 Å². The first-order valence-corrected chi connectivity index (χ1v) is 6.85. The SMILES string of the molecule is COCCCSc1ccc(Br)cc1C(C)=O. The fourth-order valence-electron chi connectivity index (χ4n) is 1.29. The topological polar surface area (TPSA) is 26.3 Å². The Hall–Kier alpha value is -0.320. The Labute approximate surface area is 109 Å². The van der Waals surface area contributed by atoms with E-state index in [0.29, 0.717) is 0 Å². The van der Waals surface area contributed by atoms with Crippen molar-refractivity contribution >= 4 is 33.5 Å². The fraction of sp³-hybridized carbons (Fsp3) is 0.417. The molecule has 4 heteroatoms. The van der Waals surface area contributed by atoms with Crippen molar-refractivity contribution in [2.45, 2.75) is 18.2 Å². The number of ketones is 1. The van der Waals surface area contributed by atoms with Gasteiger partial charge in [0, 0.05) is 34.4 Å². The minimum Gasteiger partial charge on any atom is -0.385 e. The van der Waals surface area contributed by atoms with Crippen LogP contribution in [0.15, 0.2) is 27.6 Å². The van der Waals surface area contributed by atoms with Gasteiger partial charge in [0.1, 0.15) is 0 Å². The van der Waals surface area contributed by atoms with Gasteiger partial charge < -0.3 is 4.74 Å². The molecule has 0 bridgehead atoms. The molecule has 0 aliphatic carbocycles. The molecule has 1 aromatic rings. The van der Waals surface area contributed by atoms with Gasteiger partial charge in [-0.05, 0) is 31.5 Å². The number of hydrogen-bond acceptors (Lipinski definition) is 3. The van der Waals surface area contributed by atoms with E-state index in [1.807, 2.05) is 18.2 Å². The molecule has 0 radical (unpaired) electrons. The minimum absolute atomic E-state index is 0.107. The lowest BCUT2D eigenvalue weighted by molar-refractivity contribution is 0.101. The molecule has 0 N–H and O–H groups in total. The molecular formula is C12H15BrO2S. The van der Waals surface area contributed by atoms with Crippen LogP contribution in [0, 0.1) is 0 Å². The third-order valence-electron chi connectivity index (χ3n) is 2.07. The van der Waals surface area contributed by atoms with E-state index in [1.165, 1.54) is 0 Å². The Balaban J connectivity index is 2.67. The summed E-state index contributed by atoms with van der Waals surface area (Å²) in [4.78, 5) is 12.5. The Bertz CT molecular complexity index is 366. The predicted octanol–water partition coefficient (Wildman–Crippen LogP) is 3.78. The summed E-state index contributed by atoms with van der Waals surface area (Å²) in [6, 6.07) is 5.82. The standard InChI is InChI=1S/C12H15BrO2S/c1-9(14)11-8-10(13)4-5-12(11)16-7-3-6-15-2/h4-5,8H,3,6-7H2,1-2H3. The van der Waals surface area contributed by atoms with Crippen LogP contribution in [0.5, 0.6) is 0 Å². The van der Waals surface area contributed by atoms with Gasteiger partial charge in [0.05, 0.1) is 0 Å². The zero-order valence-electron chi connectivity index (χ0n) is 9.46. The molecule has 88 valence electrons. The Morgan fingerprint density at radius 2 is 2.25 bits per heavy atom. The van der Waals surface area contributed by atoms with Crippen LogP contribution >= 0.6 is 27.7 Å². The van der Waals surface area contributed by atoms with Gasteiger partial charge in [0.25, 0.3) is 0 Å². The summed E-state index contributed by atoms with van der Waals surface area (Å²) in [6.07, 6.45) is 0.995. The van der Waals surface area contributed by atoms with E-state index in [9.17, 15) is 4.79 Å². The van der Waals surface area contributed by atoms with Crippen molar-refractivity contribution in [2.75, 3.05) is 19.5 Å². The highest BCUT2D eigenvalue weighted by atomic mass is 79.9. The van der Waals surface area contributed by atoms with Crippen molar-refractivity contribution in [1.29, 1.82) is 0 Å². The van der Waals surface area contributed by atoms with Crippen LogP contribution in [0.1, 0.15) is 23.7 Å². The highest BCUT2D eigenvalue weighted by molar-refractivity contribution is 9.10. The van der Waals surface area contributed by atoms with E-state index >= 15 is 0 Å². The number of ether oxygens (including phenoxy) is 1. The molecule has 0 saturated carbocycles. The smallest absolute Gasteiger partial charge is 0.160 e. The van der Waals surface area contributed by atoms with Crippen LogP contribution in [0.2, 0.25) is 0 Å². The number of carbonyl (C=O) groups excluding carboxylic acids is 1. The number of Topliss-reactive ketones (excluding diaryl/α,β-unsaturated/α-hetero) is 1. The fourth-order valence-corrected chi connectivity index (χ4v) is 2.65. The largest absolute Gasteiger partial charge is 0.385 e. The van der Waals surface area contributed by atoms with Crippen molar-refractivity contribution in [1.82, 2.24) is 0 Å². The Kier molecular flexibility index (Phi) is 6.09. The molecule has 2 nitrogen and oxygen atoms in total. The number of halogens is 1. The van der Waals surface area contributed by atoms with Gasteiger partial charge in [0.15, 0.2) is 5.78 Å². The van der Waals surface area contributed by atoms with Crippen molar-refractivity contribution < 1.29 is 9.53 Å². The maximum Gasteiger partial charge on any atom is 0.160 e. The third kappa shape index (κ3) is 4.28. The molecule has 0 saturated heterocycles. The molecule has 0 atom stereocenters. The Morgan fingerprint density at radius 3 is 2.88 bits per heavy atom. The number of thioether (sulfide) groups is 1. The third-order valence-corrected chi connectivity index (χ3v) is 3.72. The van der Waals surface area contributed by atoms with Gasteiger partial charge in [0.2, 0.25) is 0 Å². The summed E-state index contributed by atoms with van der Waals surface area (Å²) in [6.45, 7) is 2.36. The van der Waals surface area contributed by atoms with Crippen molar-refractivity contribution in [3.8, 4) is 0 Å². The molecule has 0 fully saturated rings. The van der Waals surface area contributed by atoms with Gasteiger partial charge in [-0.15, -0.1) is 11.8 Å². The second-order valence-corrected chi connectivity index (χ2v) is 5.44. The van der Waals surface area contributed by atoms with Crippen molar-refractivity contribution in [3.05, 3.63) is 28.2 Å². The number of benzene rings is 1. The van der Waals surface area contributed by atoms with E-state index in [2.05, 4.69) is 15.9 Å². The molecule has 0 spiro atoms. The van der Waals surface area contributed by atoms with Crippen LogP contribution in [0.4, 0.5) is 0 Å². The molecule has 0 unspecified atom stereocenters. The second kappa shape index (κ2) is 7.09. The second-order valence-electron chi connectivity index (χ2n) is 3.39. The zero-order chi connectivity index (χ0) is 12.0. The minimum atomic E-state index is 0.107. The molecule has 0 aliphatic heterocycles. The number of rotatable bonds is 6. The maximum atomic E-state index is 11.4. The summed E-state index contributed by atoms with van der Waals surface area (Å²) in [5.74, 6) is 1.07. The Morgan fingerprint density at radius 1 is 1.50 bits per heavy atom. The van der Waals surface area contributed by atoms with Crippen molar-refractivity contribution in [2.24, 2.45) is 0 Å². The highest BCUT2D eigenvalue weighted by Gasteiger charge is 2.07. The van der Waals surface area contributed by atoms with Gasteiger partial charge in [-0.1, -0.05) is 15.9 Å². The average Bonchev–Trinajstić information content (AvgIpc) is 2.26. The molecule has 1 aromatic carbocycles. The quantitative estimate of drug-likeness (QED) is 0.454. The predicted molar refractivity (Wildman–Crippen MR) is 71.4 cm³/mol. The number of hydrogen-bond donors (Lipinski definition) is 0. The average molecular weight is 303 g/mol. The van der Waals surface area contributed by atoms with E-state index < -0.39 is 0 Å². The summed E-state index contributed by atoms with van der Waals surface area (Å²) >= 11 is 5.08. The molecular weight excluding hydrogens is 288 g/mol. The van der Waals surface area contributed by atoms with E-state index in [4.69, 9.17) is 4.74 Å². The first kappa shape index (κ1) is 13.7. The summed E-state index contributed by atoms with van der Waals surface area (Å²) in [7, 11) is 1.70. The molecule has 0 aliphatic rings. The van der Waals surface area contributed by atoms with Crippen LogP contribution in [0.25, 0.3) is 0 Å². The van der Waals surface area contributed by atoms with E-state index in [1.54, 1.807) is 25.8 Å². The highest BCUT2D eigenvalue weighted by Crippen LogP contribution is 2.26. The normalized spacial score (nSPS) is 10.4. The molecule has 0 aromatic heterocycles. The molecule has 0 heterocycles. The molecule has 0 amide bonds. The zero-order valence-corrected chi connectivity index (χ0v) is 11.9. The number of carbonyl (C=O) groups is 1. The summed E-state index contributed by atoms with van der Waals surface area (Å²) in [5, 5.41) is 0. The monoisotopic (exact) mass is 302 g/mol. The van der Waals surface area contributed by atoms with Crippen molar-refractivity contribution in [3.63, 3.8) is 0 Å². The van der Waals surface area contributed by atoms with Crippen LogP contribution in [0.3, 0.4) is 0 Å². The lowest BCUT2D eigenvalue weighted by atomic mass is 10.1. The maximum absolute atomic E-state index is 11.4. The van der Waals surface area contributed by atoms with Gasteiger partial charge in [-0.3, -0.25) is 4.79 Å². The van der Waals surface area contributed by atoms with E-state index in [-0.39, 0.29) is 5.78 Å². The summed E-state index contributed by atoms with van der Waals surface area (Å²) < 4.78 is 5.93. The van der Waals surface area contributed by atoms with E-state index in [0.717, 1.165) is 33.7 Å².